The lowest BCUT2D eigenvalue weighted by Gasteiger charge is -2.40. The highest BCUT2D eigenvalue weighted by molar-refractivity contribution is 9.11. The molecule has 5 heterocycles. The van der Waals surface area contributed by atoms with Crippen LogP contribution in [-0.4, -0.2) is 120 Å². The van der Waals surface area contributed by atoms with Crippen molar-refractivity contribution in [1.82, 2.24) is 5.48 Å². The molecule has 29 nitrogen and oxygen atoms in total. The number of amides is 2. The molecule has 630 valence electrons. The molecule has 0 saturated heterocycles. The Morgan fingerprint density at radius 2 is 0.902 bits per heavy atom. The number of carbonyl (C=O) groups excluding carboxylic acids is 7. The number of nitrogens with one attached hydrogen (secondary N) is 1. The molecule has 0 spiro atoms. The monoisotopic (exact) mass is 2050 g/mol. The Labute approximate surface area is 747 Å². The van der Waals surface area contributed by atoms with Gasteiger partial charge >= 0.3 is 64.6 Å². The van der Waals surface area contributed by atoms with E-state index in [4.69, 9.17) is 46.1 Å². The molecular formula is C88H65Br6N3O26. The highest BCUT2D eigenvalue weighted by Gasteiger charge is 2.53. The third-order valence-corrected chi connectivity index (χ3v) is 20.3. The Morgan fingerprint density at radius 1 is 0.496 bits per heavy atom. The number of hydroxylamine groups is 1. The van der Waals surface area contributed by atoms with Gasteiger partial charge in [0.05, 0.1) is 74.3 Å². The van der Waals surface area contributed by atoms with Crippen molar-refractivity contribution in [2.24, 2.45) is 5.73 Å². The molecule has 16 rings (SSSR count). The van der Waals surface area contributed by atoms with E-state index in [1.165, 1.54) is 46.6 Å². The molecule has 123 heavy (non-hydrogen) atoms. The number of rotatable bonds is 10. The maximum Gasteiger partial charge on any atom is 0.350 e. The fraction of sp³-hybridized carbons (Fsp3) is 0.0909. The number of esters is 5. The van der Waals surface area contributed by atoms with Crippen LogP contribution in [0.2, 0.25) is 0 Å². The van der Waals surface area contributed by atoms with Gasteiger partial charge in [-0.05, 0) is 150 Å². The van der Waals surface area contributed by atoms with E-state index in [1.54, 1.807) is 41.9 Å². The van der Waals surface area contributed by atoms with Gasteiger partial charge in [0.2, 0.25) is 5.91 Å². The molecular weight excluding hydrogens is 1990 g/mol. The average Bonchev–Trinajstić information content (AvgIpc) is 0.717. The van der Waals surface area contributed by atoms with Crippen molar-refractivity contribution in [2.75, 3.05) is 28.4 Å². The van der Waals surface area contributed by atoms with Gasteiger partial charge in [0.1, 0.15) is 23.3 Å². The fourth-order valence-corrected chi connectivity index (χ4v) is 13.8. The molecule has 35 heteroatoms. The third kappa shape index (κ3) is 29.2. The van der Waals surface area contributed by atoms with Crippen LogP contribution < -0.4 is 28.1 Å². The van der Waals surface area contributed by atoms with Crippen molar-refractivity contribution in [2.45, 2.75) is 23.0 Å². The Hall–Kier alpha value is -13.4. The highest BCUT2D eigenvalue weighted by atomic mass is 79.9. The number of carbonyl (C=O) groups is 10. The van der Waals surface area contributed by atoms with Gasteiger partial charge in [-0.3, -0.25) is 19.6 Å². The minimum absolute atomic E-state index is 0.0281. The van der Waals surface area contributed by atoms with Gasteiger partial charge in [0, 0.05) is 46.7 Å². The SMILES string of the molecule is COC(=O)C1=CC2(Br)C(=O)OC1c1ccccc12.COC(=O)c1cc(Br)c2ccccc2c1.COC(=O)c1ccc(=O)oc1.COC(=O)c1coc(=O)c(Br)c1.N#Cc1cc(Br)c2ccccc2c1.NC(=O)c1cc(Br)c2ccccc2c1.O=C(NO)c1cc(Br)c2ccccc2c1.O=C(O)CC(O)C(=O)O.O=C(O)c1ccc(=O)oc1.c1ccccc#1. The number of hydrogen-bond acceptors (Lipinski definition) is 24. The van der Waals surface area contributed by atoms with Crippen LogP contribution in [0.1, 0.15) is 91.4 Å². The molecule has 0 saturated carbocycles. The van der Waals surface area contributed by atoms with Crippen LogP contribution >= 0.6 is 95.6 Å². The molecule has 10 aromatic carbocycles. The predicted octanol–water partition coefficient (Wildman–Crippen LogP) is 16.4. The number of hydrogen-bond donors (Lipinski definition) is 7. The number of aromatic carboxylic acids is 1. The zero-order chi connectivity index (χ0) is 90.6. The summed E-state index contributed by atoms with van der Waals surface area (Å²) in [6, 6.07) is 74.3. The van der Waals surface area contributed by atoms with Crippen LogP contribution in [0.5, 0.6) is 0 Å². The second-order valence-corrected chi connectivity index (χ2v) is 29.7. The molecule has 0 radical (unpaired) electrons. The summed E-state index contributed by atoms with van der Waals surface area (Å²) in [6.45, 7) is 0. The number of fused-ring (bicyclic) bond motifs is 5. The molecule has 3 aromatic heterocycles. The van der Waals surface area contributed by atoms with Crippen molar-refractivity contribution in [3.63, 3.8) is 0 Å². The van der Waals surface area contributed by atoms with Crippen LogP contribution in [0.25, 0.3) is 43.1 Å². The first-order valence-electron chi connectivity index (χ1n) is 34.7. The van der Waals surface area contributed by atoms with Crippen molar-refractivity contribution < 1.29 is 111 Å². The summed E-state index contributed by atoms with van der Waals surface area (Å²) < 4.78 is 39.4. The summed E-state index contributed by atoms with van der Waals surface area (Å²) in [5.74, 6) is -7.14. The van der Waals surface area contributed by atoms with E-state index in [0.717, 1.165) is 103 Å². The lowest BCUT2D eigenvalue weighted by atomic mass is 9.79. The number of benzene rings is 9. The zero-order valence-corrected chi connectivity index (χ0v) is 73.7. The van der Waals surface area contributed by atoms with Gasteiger partial charge in [-0.25, -0.2) is 53.4 Å². The number of ether oxygens (including phenoxy) is 5. The average molecular weight is 2060 g/mol. The number of carboxylic acid groups (broad SMARTS) is 3. The van der Waals surface area contributed by atoms with E-state index in [2.05, 4.69) is 141 Å². The number of nitrogens with two attached hydrogens (primary N) is 1. The van der Waals surface area contributed by atoms with Gasteiger partial charge in [-0.2, -0.15) is 5.26 Å². The number of halogens is 6. The second-order valence-electron chi connectivity index (χ2n) is 24.2. The smallest absolute Gasteiger partial charge is 0.350 e. The summed E-state index contributed by atoms with van der Waals surface area (Å²) in [7, 11) is 5.19. The van der Waals surface area contributed by atoms with E-state index in [9.17, 15) is 62.3 Å². The van der Waals surface area contributed by atoms with Crippen LogP contribution in [0.4, 0.5) is 0 Å². The van der Waals surface area contributed by atoms with Crippen LogP contribution in [0, 0.1) is 23.5 Å². The van der Waals surface area contributed by atoms with Gasteiger partial charge in [-0.1, -0.05) is 225 Å². The normalized spacial score (nSPS) is 12.6. The van der Waals surface area contributed by atoms with Gasteiger partial charge in [0.15, 0.2) is 16.5 Å². The number of alkyl halides is 1. The molecule has 3 aliphatic rings. The van der Waals surface area contributed by atoms with E-state index in [-0.39, 0.29) is 27.1 Å². The topological polar surface area (TPSA) is 470 Å². The Morgan fingerprint density at radius 3 is 1.32 bits per heavy atom. The molecule has 2 bridgehead atoms. The number of aliphatic hydroxyl groups excluding tert-OH is 1. The molecule has 2 aliphatic heterocycles. The van der Waals surface area contributed by atoms with Crippen LogP contribution in [0.3, 0.4) is 0 Å². The highest BCUT2D eigenvalue weighted by Crippen LogP contribution is 2.52. The first-order valence-corrected chi connectivity index (χ1v) is 39.5. The lowest BCUT2D eigenvalue weighted by molar-refractivity contribution is -0.155. The van der Waals surface area contributed by atoms with Crippen LogP contribution in [0.15, 0.2) is 305 Å². The van der Waals surface area contributed by atoms with E-state index < -0.39 is 93.4 Å². The maximum atomic E-state index is 11.9. The Balaban J connectivity index is 0.000000214. The minimum atomic E-state index is -1.79. The standard InChI is InChI=1S/C13H9BrO4.C12H9BrO2.C11H8BrNO2.C11H8BrNO.C11H6BrN.C7H5BrO4.C7H6O4.C6H4O4.C6H4.C4H6O5/c1-17-11(15)8-6-13(14)9-5-3-2-4-7(9)10(8)18-12(13)16;1-15-12(14)9-6-8-4-2-3-5-10(8)11(13)7-9;12-10-6-8(11(14)13-15)5-7-3-1-2-4-9(7)10;12-10-6-8(11(13)14)5-7-3-1-2-4-9(7)10;12-11-6-8(7-13)5-9-3-1-2-4-10(9)11;1-11-6(9)4-2-5(8)7(10)12-3-4;1-10-7(9)5-2-3-6(8)11-4-5;7-5-2-1-4(3-10-5)6(8)9;1-2-4-6-5-3-1;5-2(4(8)9)1-3(6)7/h2-6,10H,1H3;2-7H,1H3;1-6,15H,(H,13,14);1-6H,(H2,13,14);1-6H;2-3H,1H3;2-4H,1H3;1-3H,(H,8,9);1-4H;2,5H,1H2,(H,6,7)(H,8,9). The molecule has 0 fully saturated rings. The van der Waals surface area contributed by atoms with Gasteiger partial charge in [-0.15, -0.1) is 0 Å². The Bertz CT molecular complexity index is 6130. The van der Waals surface area contributed by atoms with Crippen molar-refractivity contribution >= 4 is 198 Å². The number of aliphatic hydroxyl groups is 1. The minimum Gasteiger partial charge on any atom is -0.481 e. The van der Waals surface area contributed by atoms with Crippen molar-refractivity contribution in [3.05, 3.63) is 371 Å². The second kappa shape index (κ2) is 48.8. The zero-order valence-electron chi connectivity index (χ0n) is 64.1. The van der Waals surface area contributed by atoms with Gasteiger partial charge in [0.25, 0.3) is 5.91 Å². The van der Waals surface area contributed by atoms with E-state index >= 15 is 0 Å². The molecule has 2 amide bonds. The quantitative estimate of drug-likeness (QED) is 0.0220. The fourth-order valence-electron chi connectivity index (χ4n) is 10.3. The number of primary amides is 1. The molecule has 8 N–H and O–H groups in total. The third-order valence-electron chi connectivity index (χ3n) is 16.1. The number of aliphatic carboxylic acids is 2. The summed E-state index contributed by atoms with van der Waals surface area (Å²) in [6.07, 6.45) is 1.40. The maximum absolute atomic E-state index is 11.9. The summed E-state index contributed by atoms with van der Waals surface area (Å²) in [5.41, 5.74) is 9.84. The summed E-state index contributed by atoms with van der Waals surface area (Å²) in [4.78, 5) is 140. The predicted molar refractivity (Wildman–Crippen MR) is 469 cm³/mol. The van der Waals surface area contributed by atoms with E-state index in [0.29, 0.717) is 27.8 Å². The van der Waals surface area contributed by atoms with Crippen molar-refractivity contribution in [1.29, 1.82) is 5.26 Å². The lowest BCUT2D eigenvalue weighted by Crippen LogP contribution is -2.43. The van der Waals surface area contributed by atoms with Gasteiger partial charge < -0.3 is 63.1 Å². The number of nitriles is 1. The van der Waals surface area contributed by atoms with E-state index in [1.807, 2.05) is 164 Å². The largest absolute Gasteiger partial charge is 0.481 e. The molecule has 1 aliphatic carbocycles. The molecule has 3 atom stereocenters. The number of carboxylic acids is 3. The van der Waals surface area contributed by atoms with Crippen molar-refractivity contribution in [3.8, 4) is 6.07 Å². The first-order chi connectivity index (χ1) is 58.6. The van der Waals surface area contributed by atoms with Crippen LogP contribution in [-0.2, 0) is 47.2 Å². The summed E-state index contributed by atoms with van der Waals surface area (Å²) >= 11 is 20.0. The first kappa shape index (κ1) is 98.5. The number of methoxy groups -OCH3 is 4. The Kier molecular flexibility index (Phi) is 39.0. The summed E-state index contributed by atoms with van der Waals surface area (Å²) in [5, 5.41) is 58.2. The number of nitrogens with zero attached hydrogens (tertiary/aromatic N) is 1. The molecule has 13 aromatic rings. The molecule has 3 unspecified atom stereocenters.